The smallest absolute Gasteiger partial charge is 0.211 e. The summed E-state index contributed by atoms with van der Waals surface area (Å²) in [5.41, 5.74) is 0.978. The van der Waals surface area contributed by atoms with Crippen molar-refractivity contribution in [2.45, 2.75) is 13.5 Å². The molecule has 2 aromatic carbocycles. The van der Waals surface area contributed by atoms with Crippen molar-refractivity contribution in [1.29, 1.82) is 0 Å². The second-order valence-corrected chi connectivity index (χ2v) is 5.78. The van der Waals surface area contributed by atoms with Crippen LogP contribution in [0.25, 0.3) is 11.0 Å². The van der Waals surface area contributed by atoms with Gasteiger partial charge >= 0.3 is 0 Å². The quantitative estimate of drug-likeness (QED) is 0.656. The first-order valence-corrected chi connectivity index (χ1v) is 7.51. The molecule has 0 aliphatic heterocycles. The van der Waals surface area contributed by atoms with Gasteiger partial charge < -0.3 is 9.15 Å². The zero-order valence-corrected chi connectivity index (χ0v) is 13.5. The van der Waals surface area contributed by atoms with Gasteiger partial charge in [-0.1, -0.05) is 29.3 Å². The molecule has 0 saturated carbocycles. The second kappa shape index (κ2) is 6.22. The summed E-state index contributed by atoms with van der Waals surface area (Å²) in [6.45, 7) is 1.72. The van der Waals surface area contributed by atoms with E-state index in [2.05, 4.69) is 0 Å². The van der Waals surface area contributed by atoms with E-state index in [1.165, 1.54) is 18.4 Å². The van der Waals surface area contributed by atoms with Crippen molar-refractivity contribution in [3.05, 3.63) is 73.8 Å². The lowest BCUT2D eigenvalue weighted by atomic mass is 10.1. The molecule has 3 nitrogen and oxygen atoms in total. The zero-order valence-electron chi connectivity index (χ0n) is 12.0. The Bertz CT molecular complexity index is 930. The molecule has 0 fully saturated rings. The molecule has 0 N–H and O–H groups in total. The fourth-order valence-corrected chi connectivity index (χ4v) is 2.64. The maximum absolute atomic E-state index is 13.8. The number of fused-ring (bicyclic) bond motifs is 1. The number of rotatable bonds is 3. The number of benzene rings is 2. The SMILES string of the molecule is Cc1c(OCc2c(F)cccc2Cl)ccc2c(=O)c(Cl)coc12. The van der Waals surface area contributed by atoms with Gasteiger partial charge in [0.05, 0.1) is 10.4 Å². The predicted molar refractivity (Wildman–Crippen MR) is 88.0 cm³/mol. The lowest BCUT2D eigenvalue weighted by molar-refractivity contribution is 0.298. The van der Waals surface area contributed by atoms with Gasteiger partial charge in [-0.2, -0.15) is 0 Å². The van der Waals surface area contributed by atoms with E-state index in [0.717, 1.165) is 0 Å². The van der Waals surface area contributed by atoms with E-state index < -0.39 is 5.82 Å². The van der Waals surface area contributed by atoms with Crippen LogP contribution in [0.3, 0.4) is 0 Å². The van der Waals surface area contributed by atoms with E-state index >= 15 is 0 Å². The highest BCUT2D eigenvalue weighted by atomic mass is 35.5. The van der Waals surface area contributed by atoms with Gasteiger partial charge in [0.25, 0.3) is 0 Å². The van der Waals surface area contributed by atoms with Crippen molar-refractivity contribution in [3.8, 4) is 5.75 Å². The summed E-state index contributed by atoms with van der Waals surface area (Å²) in [6, 6.07) is 7.63. The number of hydrogen-bond donors (Lipinski definition) is 0. The van der Waals surface area contributed by atoms with Gasteiger partial charge in [-0.15, -0.1) is 0 Å². The van der Waals surface area contributed by atoms with E-state index in [0.29, 0.717) is 27.3 Å². The largest absolute Gasteiger partial charge is 0.488 e. The average Bonchev–Trinajstić information content (AvgIpc) is 2.52. The van der Waals surface area contributed by atoms with E-state index in [1.54, 1.807) is 25.1 Å². The van der Waals surface area contributed by atoms with Crippen LogP contribution in [0.4, 0.5) is 4.39 Å². The van der Waals surface area contributed by atoms with E-state index in [1.807, 2.05) is 0 Å². The Morgan fingerprint density at radius 3 is 2.70 bits per heavy atom. The van der Waals surface area contributed by atoms with E-state index in [9.17, 15) is 9.18 Å². The molecule has 0 amide bonds. The molecule has 0 unspecified atom stereocenters. The van der Waals surface area contributed by atoms with Crippen LogP contribution in [-0.2, 0) is 6.61 Å². The average molecular weight is 353 g/mol. The molecular weight excluding hydrogens is 342 g/mol. The van der Waals surface area contributed by atoms with Crippen LogP contribution in [0, 0.1) is 12.7 Å². The third-order valence-electron chi connectivity index (χ3n) is 3.53. The molecule has 6 heteroatoms. The Hall–Kier alpha value is -2.04. The highest BCUT2D eigenvalue weighted by Gasteiger charge is 2.13. The third-order valence-corrected chi connectivity index (χ3v) is 4.15. The monoisotopic (exact) mass is 352 g/mol. The topological polar surface area (TPSA) is 39.4 Å². The molecule has 3 aromatic rings. The van der Waals surface area contributed by atoms with Crippen LogP contribution in [0.1, 0.15) is 11.1 Å². The Kier molecular flexibility index (Phi) is 4.28. The Morgan fingerprint density at radius 2 is 1.96 bits per heavy atom. The van der Waals surface area contributed by atoms with Gasteiger partial charge in [-0.05, 0) is 31.2 Å². The normalized spacial score (nSPS) is 11.0. The van der Waals surface area contributed by atoms with Crippen LogP contribution in [0.2, 0.25) is 10.0 Å². The lowest BCUT2D eigenvalue weighted by Crippen LogP contribution is -2.04. The van der Waals surface area contributed by atoms with Gasteiger partial charge in [-0.25, -0.2) is 4.39 Å². The standard InChI is InChI=1S/C17H11Cl2FO3/c1-9-15(22-7-11-12(18)3-2-4-14(11)20)6-5-10-16(21)13(19)8-23-17(9)10/h2-6,8H,7H2,1H3. The summed E-state index contributed by atoms with van der Waals surface area (Å²) in [5.74, 6) is 0.0385. The fourth-order valence-electron chi connectivity index (χ4n) is 2.27. The minimum atomic E-state index is -0.436. The number of halogens is 3. The van der Waals surface area contributed by atoms with Crippen LogP contribution < -0.4 is 10.2 Å². The number of hydrogen-bond acceptors (Lipinski definition) is 3. The molecule has 0 bridgehead atoms. The molecule has 0 spiro atoms. The van der Waals surface area contributed by atoms with Crippen LogP contribution in [0.5, 0.6) is 5.75 Å². The second-order valence-electron chi connectivity index (χ2n) is 4.97. The van der Waals surface area contributed by atoms with Crippen LogP contribution >= 0.6 is 23.2 Å². The van der Waals surface area contributed by atoms with Crippen molar-refractivity contribution >= 4 is 34.2 Å². The van der Waals surface area contributed by atoms with E-state index in [4.69, 9.17) is 32.4 Å². The van der Waals surface area contributed by atoms with Crippen molar-refractivity contribution in [1.82, 2.24) is 0 Å². The lowest BCUT2D eigenvalue weighted by Gasteiger charge is -2.12. The van der Waals surface area contributed by atoms with Crippen LogP contribution in [0.15, 0.2) is 45.8 Å². The van der Waals surface area contributed by atoms with Crippen molar-refractivity contribution < 1.29 is 13.5 Å². The summed E-state index contributed by atoms with van der Waals surface area (Å²) in [4.78, 5) is 12.0. The van der Waals surface area contributed by atoms with Crippen molar-refractivity contribution in [2.75, 3.05) is 0 Å². The Labute approximate surface area is 141 Å². The molecule has 0 aliphatic rings. The van der Waals surface area contributed by atoms with Crippen molar-refractivity contribution in [2.24, 2.45) is 0 Å². The fraction of sp³-hybridized carbons (Fsp3) is 0.118. The minimum absolute atomic E-state index is 0.0173. The summed E-state index contributed by atoms with van der Waals surface area (Å²) < 4.78 is 24.8. The zero-order chi connectivity index (χ0) is 16.6. The first kappa shape index (κ1) is 15.8. The highest BCUT2D eigenvalue weighted by molar-refractivity contribution is 6.31. The summed E-state index contributed by atoms with van der Waals surface area (Å²) in [7, 11) is 0. The van der Waals surface area contributed by atoms with Crippen molar-refractivity contribution in [3.63, 3.8) is 0 Å². The van der Waals surface area contributed by atoms with Gasteiger partial charge in [0.1, 0.15) is 35.0 Å². The molecule has 0 radical (unpaired) electrons. The number of aryl methyl sites for hydroxylation is 1. The molecular formula is C17H11Cl2FO3. The molecule has 0 atom stereocenters. The molecule has 118 valence electrons. The molecule has 3 rings (SSSR count). The molecule has 1 heterocycles. The minimum Gasteiger partial charge on any atom is -0.488 e. The molecule has 1 aromatic heterocycles. The highest BCUT2D eigenvalue weighted by Crippen LogP contribution is 2.28. The van der Waals surface area contributed by atoms with Crippen LogP contribution in [-0.4, -0.2) is 0 Å². The molecule has 0 saturated heterocycles. The number of ether oxygens (including phenoxy) is 1. The Morgan fingerprint density at radius 1 is 1.17 bits per heavy atom. The van der Waals surface area contributed by atoms with Gasteiger partial charge in [0, 0.05) is 11.1 Å². The summed E-state index contributed by atoms with van der Waals surface area (Å²) in [5, 5.41) is 0.678. The first-order valence-electron chi connectivity index (χ1n) is 6.75. The first-order chi connectivity index (χ1) is 11.0. The molecule has 0 aliphatic carbocycles. The van der Waals surface area contributed by atoms with Gasteiger partial charge in [0.2, 0.25) is 5.43 Å². The predicted octanol–water partition coefficient (Wildman–Crippen LogP) is 5.13. The van der Waals surface area contributed by atoms with Gasteiger partial charge in [-0.3, -0.25) is 4.79 Å². The van der Waals surface area contributed by atoms with E-state index in [-0.39, 0.29) is 22.6 Å². The van der Waals surface area contributed by atoms with Gasteiger partial charge in [0.15, 0.2) is 0 Å². The maximum atomic E-state index is 13.8. The maximum Gasteiger partial charge on any atom is 0.211 e. The summed E-state index contributed by atoms with van der Waals surface area (Å²) in [6.07, 6.45) is 1.19. The third kappa shape index (κ3) is 2.92. The summed E-state index contributed by atoms with van der Waals surface area (Å²) >= 11 is 11.7. The molecule has 23 heavy (non-hydrogen) atoms. The Balaban J connectivity index is 1.97.